The summed E-state index contributed by atoms with van der Waals surface area (Å²) < 4.78 is 5.67. The number of hydrogen-bond acceptors (Lipinski definition) is 6. The molecule has 3 rings (SSSR count). The van der Waals surface area contributed by atoms with Crippen molar-refractivity contribution in [2.24, 2.45) is 0 Å². The summed E-state index contributed by atoms with van der Waals surface area (Å²) in [6.07, 6.45) is 0. The Morgan fingerprint density at radius 3 is 2.50 bits per heavy atom. The van der Waals surface area contributed by atoms with Crippen molar-refractivity contribution in [3.63, 3.8) is 0 Å². The minimum atomic E-state index is -0.456. The molecule has 0 atom stereocenters. The molecule has 132 valence electrons. The summed E-state index contributed by atoms with van der Waals surface area (Å²) in [5, 5.41) is 6.78. The van der Waals surface area contributed by atoms with Crippen LogP contribution in [0.1, 0.15) is 25.7 Å². The zero-order valence-electron chi connectivity index (χ0n) is 14.0. The van der Waals surface area contributed by atoms with Gasteiger partial charge in [0.1, 0.15) is 0 Å². The molecular formula is C18H15N3O3S2. The second-order valence-corrected chi connectivity index (χ2v) is 7.04. The molecule has 0 unspecified atom stereocenters. The number of methoxy groups -OCH3 is 1. The average Bonchev–Trinajstić information content (AvgIpc) is 3.00. The number of anilines is 1. The minimum absolute atomic E-state index is 0.188. The van der Waals surface area contributed by atoms with Crippen molar-refractivity contribution in [1.29, 1.82) is 0 Å². The SMILES string of the molecule is COC(=O)c1ccc(C(=O)NC(=S)Nc2ccc3nc(C)sc3c2)cc1. The van der Waals surface area contributed by atoms with Gasteiger partial charge < -0.3 is 10.1 Å². The predicted octanol–water partition coefficient (Wildman–Crippen LogP) is 3.52. The molecule has 1 heterocycles. The Morgan fingerprint density at radius 2 is 1.81 bits per heavy atom. The van der Waals surface area contributed by atoms with Crippen LogP contribution < -0.4 is 10.6 Å². The summed E-state index contributed by atoms with van der Waals surface area (Å²) in [5.41, 5.74) is 2.46. The predicted molar refractivity (Wildman–Crippen MR) is 106 cm³/mol. The molecule has 6 nitrogen and oxygen atoms in total. The van der Waals surface area contributed by atoms with E-state index in [4.69, 9.17) is 12.2 Å². The molecule has 0 fully saturated rings. The fourth-order valence-corrected chi connectivity index (χ4v) is 3.41. The Morgan fingerprint density at radius 1 is 1.12 bits per heavy atom. The number of carbonyl (C=O) groups excluding carboxylic acids is 2. The third-order valence-electron chi connectivity index (χ3n) is 3.55. The van der Waals surface area contributed by atoms with Crippen LogP contribution in [0.3, 0.4) is 0 Å². The number of aromatic nitrogens is 1. The molecule has 1 aromatic heterocycles. The van der Waals surface area contributed by atoms with Crippen molar-refractivity contribution in [3.8, 4) is 0 Å². The lowest BCUT2D eigenvalue weighted by Gasteiger charge is -2.10. The van der Waals surface area contributed by atoms with Crippen LogP contribution in [-0.4, -0.2) is 29.1 Å². The van der Waals surface area contributed by atoms with E-state index in [9.17, 15) is 9.59 Å². The largest absolute Gasteiger partial charge is 0.465 e. The van der Waals surface area contributed by atoms with E-state index in [2.05, 4.69) is 20.4 Å². The van der Waals surface area contributed by atoms with Crippen LogP contribution in [0.15, 0.2) is 42.5 Å². The number of fused-ring (bicyclic) bond motifs is 1. The number of benzene rings is 2. The van der Waals surface area contributed by atoms with Gasteiger partial charge >= 0.3 is 5.97 Å². The quantitative estimate of drug-likeness (QED) is 0.530. The zero-order chi connectivity index (χ0) is 18.7. The third kappa shape index (κ3) is 4.04. The molecule has 1 amide bonds. The number of carbonyl (C=O) groups is 2. The molecule has 0 saturated heterocycles. The maximum Gasteiger partial charge on any atom is 0.337 e. The van der Waals surface area contributed by atoms with Crippen LogP contribution in [0.5, 0.6) is 0 Å². The van der Waals surface area contributed by atoms with E-state index in [0.29, 0.717) is 11.1 Å². The van der Waals surface area contributed by atoms with Crippen LogP contribution in [0.4, 0.5) is 5.69 Å². The molecule has 0 aliphatic heterocycles. The lowest BCUT2D eigenvalue weighted by Crippen LogP contribution is -2.34. The highest BCUT2D eigenvalue weighted by molar-refractivity contribution is 7.80. The smallest absolute Gasteiger partial charge is 0.337 e. The molecule has 8 heteroatoms. The molecule has 3 aromatic rings. The molecule has 26 heavy (non-hydrogen) atoms. The van der Waals surface area contributed by atoms with Gasteiger partial charge in [-0.1, -0.05) is 0 Å². The van der Waals surface area contributed by atoms with E-state index in [1.807, 2.05) is 25.1 Å². The Balaban J connectivity index is 1.64. The van der Waals surface area contributed by atoms with Crippen molar-refractivity contribution < 1.29 is 14.3 Å². The van der Waals surface area contributed by atoms with Gasteiger partial charge in [-0.3, -0.25) is 10.1 Å². The van der Waals surface area contributed by atoms with Crippen molar-refractivity contribution in [1.82, 2.24) is 10.3 Å². The standard InChI is InChI=1S/C18H15N3O3S2/c1-10-19-14-8-7-13(9-15(14)26-10)20-18(25)21-16(22)11-3-5-12(6-4-11)17(23)24-2/h3-9H,1-2H3,(H2,20,21,22,25). The first-order chi connectivity index (χ1) is 12.5. The molecule has 0 aliphatic rings. The van der Waals surface area contributed by atoms with E-state index in [-0.39, 0.29) is 11.0 Å². The fourth-order valence-electron chi connectivity index (χ4n) is 2.33. The Labute approximate surface area is 159 Å². The van der Waals surface area contributed by atoms with Gasteiger partial charge in [0.2, 0.25) is 0 Å². The summed E-state index contributed by atoms with van der Waals surface area (Å²) in [7, 11) is 1.30. The summed E-state index contributed by atoms with van der Waals surface area (Å²) in [6, 6.07) is 11.8. The number of hydrogen-bond donors (Lipinski definition) is 2. The number of amides is 1. The number of aryl methyl sites for hydroxylation is 1. The highest BCUT2D eigenvalue weighted by Crippen LogP contribution is 2.24. The molecular weight excluding hydrogens is 370 g/mol. The number of nitrogens with one attached hydrogen (secondary N) is 2. The van der Waals surface area contributed by atoms with Crippen molar-refractivity contribution >= 4 is 56.4 Å². The first-order valence-corrected chi connectivity index (χ1v) is 8.86. The molecule has 2 aromatic carbocycles. The number of thiazole rings is 1. The summed E-state index contributed by atoms with van der Waals surface area (Å²) in [4.78, 5) is 28.1. The van der Waals surface area contributed by atoms with Gasteiger partial charge in [0.25, 0.3) is 5.91 Å². The van der Waals surface area contributed by atoms with Crippen LogP contribution in [0.2, 0.25) is 0 Å². The van der Waals surface area contributed by atoms with Gasteiger partial charge in [-0.25, -0.2) is 9.78 Å². The molecule has 0 bridgehead atoms. The number of thiocarbonyl (C=S) groups is 1. The number of nitrogens with zero attached hydrogens (tertiary/aromatic N) is 1. The normalized spacial score (nSPS) is 10.4. The first kappa shape index (κ1) is 18.0. The van der Waals surface area contributed by atoms with Gasteiger partial charge in [0.15, 0.2) is 5.11 Å². The molecule has 0 spiro atoms. The maximum absolute atomic E-state index is 12.2. The highest BCUT2D eigenvalue weighted by atomic mass is 32.1. The first-order valence-electron chi connectivity index (χ1n) is 7.64. The van der Waals surface area contributed by atoms with Gasteiger partial charge in [-0.05, 0) is 61.6 Å². The van der Waals surface area contributed by atoms with E-state index in [0.717, 1.165) is 20.9 Å². The van der Waals surface area contributed by atoms with Crippen LogP contribution in [-0.2, 0) is 4.74 Å². The number of ether oxygens (including phenoxy) is 1. The van der Waals surface area contributed by atoms with E-state index >= 15 is 0 Å². The fraction of sp³-hybridized carbons (Fsp3) is 0.111. The second-order valence-electron chi connectivity index (χ2n) is 5.39. The van der Waals surface area contributed by atoms with Gasteiger partial charge in [-0.15, -0.1) is 11.3 Å². The van der Waals surface area contributed by atoms with Crippen LogP contribution in [0, 0.1) is 6.92 Å². The second kappa shape index (κ2) is 7.59. The van der Waals surface area contributed by atoms with Crippen LogP contribution >= 0.6 is 23.6 Å². The summed E-state index contributed by atoms with van der Waals surface area (Å²) in [6.45, 7) is 1.95. The Kier molecular flexibility index (Phi) is 5.24. The summed E-state index contributed by atoms with van der Waals surface area (Å²) >= 11 is 6.79. The third-order valence-corrected chi connectivity index (χ3v) is 4.69. The lowest BCUT2D eigenvalue weighted by molar-refractivity contribution is 0.0600. The van der Waals surface area contributed by atoms with Crippen molar-refractivity contribution in [3.05, 3.63) is 58.6 Å². The zero-order valence-corrected chi connectivity index (χ0v) is 15.7. The number of rotatable bonds is 3. The summed E-state index contributed by atoms with van der Waals surface area (Å²) in [5.74, 6) is -0.823. The Bertz CT molecular complexity index is 997. The monoisotopic (exact) mass is 385 g/mol. The van der Waals surface area contributed by atoms with Crippen LogP contribution in [0.25, 0.3) is 10.2 Å². The topological polar surface area (TPSA) is 80.3 Å². The molecule has 0 aliphatic carbocycles. The van der Waals surface area contributed by atoms with Crippen molar-refractivity contribution in [2.45, 2.75) is 6.92 Å². The molecule has 0 radical (unpaired) electrons. The van der Waals surface area contributed by atoms with Gasteiger partial charge in [-0.2, -0.15) is 0 Å². The van der Waals surface area contributed by atoms with Gasteiger partial charge in [0, 0.05) is 11.3 Å². The number of esters is 1. The molecule has 0 saturated carbocycles. The van der Waals surface area contributed by atoms with Crippen molar-refractivity contribution in [2.75, 3.05) is 12.4 Å². The molecule has 2 N–H and O–H groups in total. The van der Waals surface area contributed by atoms with E-state index in [1.165, 1.54) is 31.4 Å². The van der Waals surface area contributed by atoms with E-state index < -0.39 is 5.97 Å². The van der Waals surface area contributed by atoms with E-state index in [1.54, 1.807) is 11.3 Å². The maximum atomic E-state index is 12.2. The Hall–Kier alpha value is -2.84. The highest BCUT2D eigenvalue weighted by Gasteiger charge is 2.11. The van der Waals surface area contributed by atoms with Gasteiger partial charge in [0.05, 0.1) is 27.9 Å². The lowest BCUT2D eigenvalue weighted by atomic mass is 10.1. The minimum Gasteiger partial charge on any atom is -0.465 e. The average molecular weight is 385 g/mol.